The molecule has 17 heavy (non-hydrogen) atoms. The molecular formula is C12H9F3N2. The van der Waals surface area contributed by atoms with Crippen LogP contribution in [0.4, 0.5) is 30.2 Å². The van der Waals surface area contributed by atoms with E-state index in [4.69, 9.17) is 5.73 Å². The highest BCUT2D eigenvalue weighted by Gasteiger charge is 2.09. The summed E-state index contributed by atoms with van der Waals surface area (Å²) in [5.74, 6) is -2.09. The molecule has 0 saturated heterocycles. The normalized spacial score (nSPS) is 10.3. The Morgan fingerprint density at radius 3 is 2.18 bits per heavy atom. The molecule has 0 radical (unpaired) electrons. The van der Waals surface area contributed by atoms with Gasteiger partial charge in [0.15, 0.2) is 0 Å². The van der Waals surface area contributed by atoms with E-state index in [2.05, 4.69) is 5.32 Å². The number of hydrogen-bond donors (Lipinski definition) is 2. The number of nitrogens with two attached hydrogens (primary N) is 1. The van der Waals surface area contributed by atoms with Crippen LogP contribution in [0, 0.1) is 17.5 Å². The lowest BCUT2D eigenvalue weighted by Gasteiger charge is -2.09. The predicted molar refractivity (Wildman–Crippen MR) is 60.5 cm³/mol. The maximum Gasteiger partial charge on any atom is 0.149 e. The summed E-state index contributed by atoms with van der Waals surface area (Å²) in [5.41, 5.74) is 5.44. The zero-order valence-corrected chi connectivity index (χ0v) is 8.68. The summed E-state index contributed by atoms with van der Waals surface area (Å²) in [4.78, 5) is 0. The smallest absolute Gasteiger partial charge is 0.149 e. The molecular weight excluding hydrogens is 229 g/mol. The molecule has 0 unspecified atom stereocenters. The first-order valence-electron chi connectivity index (χ1n) is 4.83. The van der Waals surface area contributed by atoms with Crippen LogP contribution in [0.2, 0.25) is 0 Å². The second-order valence-corrected chi connectivity index (χ2v) is 3.49. The zero-order chi connectivity index (χ0) is 12.4. The molecule has 2 nitrogen and oxygen atoms in total. The average molecular weight is 238 g/mol. The van der Waals surface area contributed by atoms with Crippen LogP contribution in [-0.2, 0) is 0 Å². The van der Waals surface area contributed by atoms with Crippen LogP contribution in [0.1, 0.15) is 0 Å². The van der Waals surface area contributed by atoms with E-state index >= 15 is 0 Å². The third-order valence-corrected chi connectivity index (χ3v) is 2.15. The summed E-state index contributed by atoms with van der Waals surface area (Å²) in [6.45, 7) is 0. The summed E-state index contributed by atoms with van der Waals surface area (Å²) in [7, 11) is 0. The van der Waals surface area contributed by atoms with Crippen LogP contribution in [0.25, 0.3) is 0 Å². The number of anilines is 3. The summed E-state index contributed by atoms with van der Waals surface area (Å²) >= 11 is 0. The van der Waals surface area contributed by atoms with Gasteiger partial charge in [-0.3, -0.25) is 0 Å². The molecule has 3 N–H and O–H groups in total. The lowest BCUT2D eigenvalue weighted by molar-refractivity contribution is 0.590. The maximum absolute atomic E-state index is 13.3. The molecule has 0 amide bonds. The van der Waals surface area contributed by atoms with Crippen LogP contribution in [0.5, 0.6) is 0 Å². The molecule has 2 rings (SSSR count). The van der Waals surface area contributed by atoms with Crippen molar-refractivity contribution < 1.29 is 13.2 Å². The van der Waals surface area contributed by atoms with Gasteiger partial charge in [-0.1, -0.05) is 6.07 Å². The molecule has 0 aliphatic heterocycles. The highest BCUT2D eigenvalue weighted by atomic mass is 19.1. The van der Waals surface area contributed by atoms with E-state index in [1.165, 1.54) is 12.1 Å². The van der Waals surface area contributed by atoms with Gasteiger partial charge in [-0.15, -0.1) is 0 Å². The Morgan fingerprint density at radius 2 is 1.59 bits per heavy atom. The van der Waals surface area contributed by atoms with Crippen molar-refractivity contribution in [3.8, 4) is 0 Å². The molecule has 5 heteroatoms. The minimum atomic E-state index is -0.757. The van der Waals surface area contributed by atoms with Gasteiger partial charge >= 0.3 is 0 Å². The Hall–Kier alpha value is -2.17. The second-order valence-electron chi connectivity index (χ2n) is 3.49. The molecule has 0 saturated carbocycles. The predicted octanol–water partition coefficient (Wildman–Crippen LogP) is 3.43. The number of benzene rings is 2. The van der Waals surface area contributed by atoms with Gasteiger partial charge in [-0.05, 0) is 30.3 Å². The minimum Gasteiger partial charge on any atom is -0.399 e. The van der Waals surface area contributed by atoms with Crippen molar-refractivity contribution in [3.05, 3.63) is 53.8 Å². The number of nitrogen functional groups attached to an aromatic ring is 1. The van der Waals surface area contributed by atoms with E-state index < -0.39 is 17.5 Å². The molecule has 0 atom stereocenters. The van der Waals surface area contributed by atoms with E-state index in [0.29, 0.717) is 0 Å². The first-order chi connectivity index (χ1) is 8.06. The quantitative estimate of drug-likeness (QED) is 0.786. The molecule has 0 fully saturated rings. The summed E-state index contributed by atoms with van der Waals surface area (Å²) in [5, 5.41) is 2.45. The van der Waals surface area contributed by atoms with Gasteiger partial charge in [0.1, 0.15) is 23.1 Å². The van der Waals surface area contributed by atoms with Crippen LogP contribution in [0.15, 0.2) is 36.4 Å². The average Bonchev–Trinajstić information content (AvgIpc) is 2.22. The Labute approximate surface area is 95.9 Å². The first-order valence-corrected chi connectivity index (χ1v) is 4.83. The molecule has 0 aliphatic carbocycles. The van der Waals surface area contributed by atoms with E-state index in [1.54, 1.807) is 0 Å². The van der Waals surface area contributed by atoms with Crippen molar-refractivity contribution in [3.63, 3.8) is 0 Å². The fourth-order valence-electron chi connectivity index (χ4n) is 1.45. The van der Waals surface area contributed by atoms with Crippen LogP contribution in [0.3, 0.4) is 0 Å². The molecule has 0 bridgehead atoms. The lowest BCUT2D eigenvalue weighted by atomic mass is 10.2. The topological polar surface area (TPSA) is 38.0 Å². The van der Waals surface area contributed by atoms with Crippen LogP contribution >= 0.6 is 0 Å². The summed E-state index contributed by atoms with van der Waals surface area (Å²) < 4.78 is 39.6. The second kappa shape index (κ2) is 4.37. The van der Waals surface area contributed by atoms with Crippen LogP contribution < -0.4 is 11.1 Å². The van der Waals surface area contributed by atoms with Gasteiger partial charge in [-0.25, -0.2) is 13.2 Å². The third-order valence-electron chi connectivity index (χ3n) is 2.15. The number of para-hydroxylation sites is 1. The number of nitrogens with one attached hydrogen (secondary N) is 1. The molecule has 0 aliphatic rings. The van der Waals surface area contributed by atoms with E-state index in [9.17, 15) is 13.2 Å². The van der Waals surface area contributed by atoms with Crippen molar-refractivity contribution in [2.24, 2.45) is 0 Å². The minimum absolute atomic E-state index is 0.171. The van der Waals surface area contributed by atoms with E-state index in [-0.39, 0.29) is 17.1 Å². The Bertz CT molecular complexity index is 515. The monoisotopic (exact) mass is 238 g/mol. The van der Waals surface area contributed by atoms with E-state index in [0.717, 1.165) is 24.3 Å². The van der Waals surface area contributed by atoms with Crippen molar-refractivity contribution in [2.45, 2.75) is 0 Å². The SMILES string of the molecule is Nc1cc(F)cc(Nc2c(F)cccc2F)c1. The van der Waals surface area contributed by atoms with Gasteiger partial charge in [0.2, 0.25) is 0 Å². The highest BCUT2D eigenvalue weighted by Crippen LogP contribution is 2.24. The third kappa shape index (κ3) is 2.50. The first kappa shape index (κ1) is 11.3. The molecule has 2 aromatic carbocycles. The molecule has 0 spiro atoms. The highest BCUT2D eigenvalue weighted by molar-refractivity contribution is 5.64. The largest absolute Gasteiger partial charge is 0.399 e. The van der Waals surface area contributed by atoms with Crippen LogP contribution in [-0.4, -0.2) is 0 Å². The molecule has 0 aromatic heterocycles. The summed E-state index contributed by atoms with van der Waals surface area (Å²) in [6, 6.07) is 7.05. The van der Waals surface area contributed by atoms with E-state index in [1.807, 2.05) is 0 Å². The Morgan fingerprint density at radius 1 is 0.941 bits per heavy atom. The number of rotatable bonds is 2. The molecule has 2 aromatic rings. The van der Waals surface area contributed by atoms with Gasteiger partial charge in [0.05, 0.1) is 0 Å². The number of halogens is 3. The van der Waals surface area contributed by atoms with Crippen molar-refractivity contribution in [1.82, 2.24) is 0 Å². The zero-order valence-electron chi connectivity index (χ0n) is 8.68. The fraction of sp³-hybridized carbons (Fsp3) is 0. The van der Waals surface area contributed by atoms with Crippen molar-refractivity contribution in [2.75, 3.05) is 11.1 Å². The number of hydrogen-bond acceptors (Lipinski definition) is 2. The standard InChI is InChI=1S/C12H9F3N2/c13-7-4-8(16)6-9(5-7)17-12-10(14)2-1-3-11(12)15/h1-6,17H,16H2. The maximum atomic E-state index is 13.3. The van der Waals surface area contributed by atoms with Gasteiger partial charge < -0.3 is 11.1 Å². The van der Waals surface area contributed by atoms with Gasteiger partial charge in [-0.2, -0.15) is 0 Å². The Kier molecular flexibility index (Phi) is 2.91. The Balaban J connectivity index is 2.38. The molecule has 0 heterocycles. The van der Waals surface area contributed by atoms with Crippen molar-refractivity contribution >= 4 is 17.1 Å². The fourth-order valence-corrected chi connectivity index (χ4v) is 1.45. The van der Waals surface area contributed by atoms with Crippen molar-refractivity contribution in [1.29, 1.82) is 0 Å². The van der Waals surface area contributed by atoms with Gasteiger partial charge in [0, 0.05) is 11.4 Å². The summed E-state index contributed by atoms with van der Waals surface area (Å²) in [6.07, 6.45) is 0. The molecule has 88 valence electrons. The lowest BCUT2D eigenvalue weighted by Crippen LogP contribution is -1.98. The van der Waals surface area contributed by atoms with Gasteiger partial charge in [0.25, 0.3) is 0 Å².